The number of anilines is 2. The summed E-state index contributed by atoms with van der Waals surface area (Å²) >= 11 is 4.26. The van der Waals surface area contributed by atoms with Crippen molar-refractivity contribution in [3.05, 3.63) is 116 Å². The second-order valence-electron chi connectivity index (χ2n) is 5.70. The van der Waals surface area contributed by atoms with Crippen LogP contribution >= 0.6 is 12.6 Å². The third-order valence-electron chi connectivity index (χ3n) is 3.56. The molecule has 0 aliphatic heterocycles. The van der Waals surface area contributed by atoms with Gasteiger partial charge in [-0.2, -0.15) is 0 Å². The Morgan fingerprint density at radius 2 is 1.68 bits per heavy atom. The van der Waals surface area contributed by atoms with Crippen LogP contribution in [0.3, 0.4) is 0 Å². The highest BCUT2D eigenvalue weighted by molar-refractivity contribution is 7.80. The van der Waals surface area contributed by atoms with Gasteiger partial charge in [-0.1, -0.05) is 62.8 Å². The number of thiol groups is 1. The highest BCUT2D eigenvalue weighted by atomic mass is 32.1. The number of nitrogen functional groups attached to an aromatic ring is 1. The van der Waals surface area contributed by atoms with Crippen molar-refractivity contribution in [1.29, 1.82) is 0 Å². The molecule has 0 saturated carbocycles. The Labute approximate surface area is 173 Å². The molecule has 4 heteroatoms. The van der Waals surface area contributed by atoms with Crippen LogP contribution in [-0.4, -0.2) is 0 Å². The van der Waals surface area contributed by atoms with Crippen LogP contribution in [-0.2, 0) is 0 Å². The molecule has 5 N–H and O–H groups in total. The zero-order valence-electron chi connectivity index (χ0n) is 15.9. The molecular weight excluding hydrogens is 362 g/mol. The second-order valence-corrected chi connectivity index (χ2v) is 6.21. The van der Waals surface area contributed by atoms with E-state index in [1.807, 2.05) is 54.6 Å². The maximum Gasteiger partial charge on any atom is 0.0394 e. The predicted molar refractivity (Wildman–Crippen MR) is 129 cm³/mol. The lowest BCUT2D eigenvalue weighted by molar-refractivity contribution is 1.44. The van der Waals surface area contributed by atoms with E-state index in [2.05, 4.69) is 44.3 Å². The molecular formula is C24H27N3S. The largest absolute Gasteiger partial charge is 0.399 e. The minimum absolute atomic E-state index is 0.648. The van der Waals surface area contributed by atoms with Crippen LogP contribution in [0.15, 0.2) is 110 Å². The smallest absolute Gasteiger partial charge is 0.0394 e. The van der Waals surface area contributed by atoms with Crippen LogP contribution < -0.4 is 16.8 Å². The quantitative estimate of drug-likeness (QED) is 0.265. The molecule has 0 unspecified atom stereocenters. The van der Waals surface area contributed by atoms with E-state index in [4.69, 9.17) is 11.5 Å². The first-order valence-corrected chi connectivity index (χ1v) is 9.00. The number of hydrogen-bond donors (Lipinski definition) is 4. The number of hydrogen-bond acceptors (Lipinski definition) is 4. The van der Waals surface area contributed by atoms with Crippen molar-refractivity contribution in [2.45, 2.75) is 4.90 Å². The van der Waals surface area contributed by atoms with E-state index in [0.717, 1.165) is 27.4 Å². The average molecular weight is 390 g/mol. The van der Waals surface area contributed by atoms with Crippen LogP contribution in [0.5, 0.6) is 0 Å². The first kappa shape index (κ1) is 22.7. The molecule has 3 nitrogen and oxygen atoms in total. The van der Waals surface area contributed by atoms with Crippen LogP contribution in [0, 0.1) is 0 Å². The molecule has 0 atom stereocenters. The molecule has 2 rings (SSSR count). The lowest BCUT2D eigenvalue weighted by Gasteiger charge is -2.11. The molecule has 2 aromatic rings. The summed E-state index contributed by atoms with van der Waals surface area (Å²) in [7, 11) is 0. The Kier molecular flexibility index (Phi) is 9.79. The number of nitrogens with one attached hydrogen (secondary N) is 1. The van der Waals surface area contributed by atoms with Gasteiger partial charge in [0.25, 0.3) is 0 Å². The second kappa shape index (κ2) is 12.1. The maximum atomic E-state index is 6.05. The summed E-state index contributed by atoms with van der Waals surface area (Å²) in [6, 6.07) is 13.6. The van der Waals surface area contributed by atoms with E-state index < -0.39 is 0 Å². The van der Waals surface area contributed by atoms with E-state index >= 15 is 0 Å². The van der Waals surface area contributed by atoms with Crippen molar-refractivity contribution in [2.75, 3.05) is 11.1 Å². The van der Waals surface area contributed by atoms with Gasteiger partial charge < -0.3 is 16.8 Å². The Morgan fingerprint density at radius 1 is 1.00 bits per heavy atom. The number of benzene rings is 2. The number of allylic oxidation sites excluding steroid dienone is 5. The van der Waals surface area contributed by atoms with Gasteiger partial charge >= 0.3 is 0 Å². The zero-order valence-corrected chi connectivity index (χ0v) is 16.8. The number of nitrogens with two attached hydrogens (primary N) is 2. The van der Waals surface area contributed by atoms with Crippen LogP contribution in [0.25, 0.3) is 11.8 Å². The van der Waals surface area contributed by atoms with Crippen LogP contribution in [0.4, 0.5) is 11.4 Å². The molecule has 0 radical (unpaired) electrons. The van der Waals surface area contributed by atoms with E-state index in [-0.39, 0.29) is 0 Å². The van der Waals surface area contributed by atoms with Gasteiger partial charge in [0.2, 0.25) is 0 Å². The van der Waals surface area contributed by atoms with Crippen molar-refractivity contribution in [1.82, 2.24) is 0 Å². The third-order valence-corrected chi connectivity index (χ3v) is 3.85. The first-order valence-electron chi connectivity index (χ1n) is 8.55. The Balaban J connectivity index is 0.000000480. The number of rotatable bonds is 7. The molecule has 0 aliphatic carbocycles. The van der Waals surface area contributed by atoms with Crippen LogP contribution in [0.1, 0.15) is 11.1 Å². The molecule has 0 bridgehead atoms. The molecule has 144 valence electrons. The van der Waals surface area contributed by atoms with Crippen molar-refractivity contribution in [3.8, 4) is 0 Å². The van der Waals surface area contributed by atoms with Crippen molar-refractivity contribution < 1.29 is 0 Å². The van der Waals surface area contributed by atoms with Gasteiger partial charge in [0.15, 0.2) is 0 Å². The van der Waals surface area contributed by atoms with Gasteiger partial charge in [-0.25, -0.2) is 0 Å². The molecule has 0 fully saturated rings. The lowest BCUT2D eigenvalue weighted by Crippen LogP contribution is -1.99. The Morgan fingerprint density at radius 3 is 2.18 bits per heavy atom. The van der Waals surface area contributed by atoms with Gasteiger partial charge in [0.05, 0.1) is 0 Å². The Hall–Kier alpha value is -3.37. The first-order chi connectivity index (χ1) is 13.4. The summed E-state index contributed by atoms with van der Waals surface area (Å²) in [4.78, 5) is 0.925. The summed E-state index contributed by atoms with van der Waals surface area (Å²) in [6.45, 7) is 14.6. The molecule has 0 heterocycles. The highest BCUT2D eigenvalue weighted by Crippen LogP contribution is 2.23. The zero-order chi connectivity index (χ0) is 20.9. The van der Waals surface area contributed by atoms with E-state index in [1.54, 1.807) is 24.3 Å². The predicted octanol–water partition coefficient (Wildman–Crippen LogP) is 6.04. The van der Waals surface area contributed by atoms with Gasteiger partial charge in [-0.15, -0.1) is 12.6 Å². The molecule has 28 heavy (non-hydrogen) atoms. The summed E-state index contributed by atoms with van der Waals surface area (Å²) in [5.74, 6) is 0. The summed E-state index contributed by atoms with van der Waals surface area (Å²) in [6.07, 6.45) is 10.4. The van der Waals surface area contributed by atoms with Crippen LogP contribution in [0.2, 0.25) is 0 Å². The summed E-state index contributed by atoms with van der Waals surface area (Å²) < 4.78 is 0. The SMILES string of the molecule is C=C/C=C(/N)C=C.C=C/C=C/c1ccc(C(=C)Nc2ccc(S)cc2)cc1N. The fourth-order valence-electron chi connectivity index (χ4n) is 2.08. The third kappa shape index (κ3) is 7.89. The molecule has 2 aromatic carbocycles. The van der Waals surface area contributed by atoms with Gasteiger partial charge in [-0.3, -0.25) is 0 Å². The van der Waals surface area contributed by atoms with Crippen molar-refractivity contribution >= 4 is 35.8 Å². The maximum absolute atomic E-state index is 6.05. The van der Waals surface area contributed by atoms with Crippen molar-refractivity contribution in [3.63, 3.8) is 0 Å². The van der Waals surface area contributed by atoms with E-state index in [1.165, 1.54) is 0 Å². The van der Waals surface area contributed by atoms with Gasteiger partial charge in [-0.05, 0) is 53.6 Å². The minimum Gasteiger partial charge on any atom is -0.399 e. The van der Waals surface area contributed by atoms with Crippen molar-refractivity contribution in [2.24, 2.45) is 5.73 Å². The molecule has 0 spiro atoms. The minimum atomic E-state index is 0.648. The summed E-state index contributed by atoms with van der Waals surface area (Å²) in [5, 5.41) is 3.26. The average Bonchev–Trinajstić information content (AvgIpc) is 2.69. The highest BCUT2D eigenvalue weighted by Gasteiger charge is 2.03. The fourth-order valence-corrected chi connectivity index (χ4v) is 2.23. The monoisotopic (exact) mass is 389 g/mol. The molecule has 0 aliphatic rings. The summed E-state index contributed by atoms with van der Waals surface area (Å²) in [5.41, 5.74) is 16.3. The van der Waals surface area contributed by atoms with E-state index in [0.29, 0.717) is 11.4 Å². The van der Waals surface area contributed by atoms with E-state index in [9.17, 15) is 0 Å². The molecule has 0 amide bonds. The topological polar surface area (TPSA) is 64.1 Å². The lowest BCUT2D eigenvalue weighted by atomic mass is 10.1. The fraction of sp³-hybridized carbons (Fsp3) is 0. The molecule has 0 saturated heterocycles. The van der Waals surface area contributed by atoms with Gasteiger partial charge in [0.1, 0.15) is 0 Å². The Bertz CT molecular complexity index is 891. The van der Waals surface area contributed by atoms with Gasteiger partial charge in [0, 0.05) is 27.7 Å². The normalized spacial score (nSPS) is 10.5. The standard InChI is InChI=1S/C18H18N2S.C6H9N/c1-3-4-5-14-6-7-15(12-18(14)19)13(2)20-16-8-10-17(21)11-9-16;1-3-5-6(7)4-2/h3-12,20-21H,1-2,19H2;3-5H,1-2,7H2/b5-4+;6-5+. The molecule has 0 aromatic heterocycles.